The van der Waals surface area contributed by atoms with Crippen LogP contribution in [0, 0.1) is 13.8 Å². The highest BCUT2D eigenvalue weighted by Gasteiger charge is 2.10. The van der Waals surface area contributed by atoms with Gasteiger partial charge in [-0.2, -0.15) is 0 Å². The minimum atomic E-state index is -1.04. The van der Waals surface area contributed by atoms with Crippen molar-refractivity contribution >= 4 is 16.9 Å². The number of aryl methyl sites for hydroxylation is 1. The van der Waals surface area contributed by atoms with Crippen molar-refractivity contribution in [3.8, 4) is 0 Å². The zero-order valence-corrected chi connectivity index (χ0v) is 12.9. The van der Waals surface area contributed by atoms with Gasteiger partial charge in [0.15, 0.2) is 0 Å². The Morgan fingerprint density at radius 3 is 2.74 bits per heavy atom. The Morgan fingerprint density at radius 2 is 2.00 bits per heavy atom. The first kappa shape index (κ1) is 15.0. The smallest absolute Gasteiger partial charge is 0.335 e. The molecular formula is C18H16N2O3. The van der Waals surface area contributed by atoms with Crippen LogP contribution in [-0.2, 0) is 6.42 Å². The Hall–Kier alpha value is -2.95. The van der Waals surface area contributed by atoms with Gasteiger partial charge in [-0.3, -0.25) is 4.79 Å². The van der Waals surface area contributed by atoms with Crippen molar-refractivity contribution in [1.82, 2.24) is 9.97 Å². The molecule has 0 bridgehead atoms. The summed E-state index contributed by atoms with van der Waals surface area (Å²) in [7, 11) is 0. The van der Waals surface area contributed by atoms with E-state index in [4.69, 9.17) is 5.11 Å². The van der Waals surface area contributed by atoms with Gasteiger partial charge < -0.3 is 10.1 Å². The first-order chi connectivity index (χ1) is 11.0. The van der Waals surface area contributed by atoms with Crippen LogP contribution >= 0.6 is 0 Å². The highest BCUT2D eigenvalue weighted by atomic mass is 16.4. The lowest BCUT2D eigenvalue weighted by Crippen LogP contribution is -2.13. The zero-order chi connectivity index (χ0) is 16.6. The van der Waals surface area contributed by atoms with E-state index in [1.807, 2.05) is 32.0 Å². The molecule has 0 amide bonds. The van der Waals surface area contributed by atoms with Gasteiger partial charge in [-0.1, -0.05) is 18.2 Å². The summed E-state index contributed by atoms with van der Waals surface area (Å²) in [6.07, 6.45) is 0.496. The van der Waals surface area contributed by atoms with Crippen molar-refractivity contribution in [2.24, 2.45) is 0 Å². The van der Waals surface area contributed by atoms with Gasteiger partial charge in [0, 0.05) is 6.42 Å². The van der Waals surface area contributed by atoms with E-state index in [1.165, 1.54) is 23.8 Å². The minimum absolute atomic E-state index is 0.119. The molecule has 2 N–H and O–H groups in total. The van der Waals surface area contributed by atoms with Gasteiger partial charge in [0.25, 0.3) is 5.56 Å². The number of aromatic carboxylic acids is 1. The third kappa shape index (κ3) is 2.85. The van der Waals surface area contributed by atoms with E-state index in [2.05, 4.69) is 9.97 Å². The molecule has 5 heteroatoms. The third-order valence-corrected chi connectivity index (χ3v) is 4.08. The summed E-state index contributed by atoms with van der Waals surface area (Å²) in [6, 6.07) is 10.3. The number of aromatic nitrogens is 2. The summed E-state index contributed by atoms with van der Waals surface area (Å²) in [6.45, 7) is 4.07. The Balaban J connectivity index is 2.09. The molecule has 0 aliphatic heterocycles. The average Bonchev–Trinajstić information content (AvgIpc) is 2.51. The summed E-state index contributed by atoms with van der Waals surface area (Å²) in [4.78, 5) is 30.5. The van der Waals surface area contributed by atoms with Gasteiger partial charge in [0.2, 0.25) is 0 Å². The molecule has 0 atom stereocenters. The summed E-state index contributed by atoms with van der Waals surface area (Å²) in [5.41, 5.74) is 3.68. The molecule has 3 rings (SSSR count). The minimum Gasteiger partial charge on any atom is -0.478 e. The normalized spacial score (nSPS) is 10.9. The molecule has 0 fully saturated rings. The van der Waals surface area contributed by atoms with Gasteiger partial charge >= 0.3 is 5.97 Å². The van der Waals surface area contributed by atoms with E-state index >= 15 is 0 Å². The molecule has 1 heterocycles. The monoisotopic (exact) mass is 308 g/mol. The van der Waals surface area contributed by atoms with Crippen LogP contribution in [0.25, 0.3) is 10.9 Å². The molecule has 0 radical (unpaired) electrons. The van der Waals surface area contributed by atoms with E-state index in [0.717, 1.165) is 11.1 Å². The zero-order valence-electron chi connectivity index (χ0n) is 12.9. The fraction of sp³-hybridized carbons (Fsp3) is 0.167. The van der Waals surface area contributed by atoms with Gasteiger partial charge in [-0.05, 0) is 48.7 Å². The number of carbonyl (C=O) groups is 1. The van der Waals surface area contributed by atoms with E-state index in [1.54, 1.807) is 0 Å². The van der Waals surface area contributed by atoms with Crippen molar-refractivity contribution in [2.45, 2.75) is 20.3 Å². The van der Waals surface area contributed by atoms with Gasteiger partial charge in [-0.15, -0.1) is 0 Å². The van der Waals surface area contributed by atoms with Crippen molar-refractivity contribution in [3.05, 3.63) is 74.8 Å². The molecule has 5 nitrogen and oxygen atoms in total. The van der Waals surface area contributed by atoms with Crippen LogP contribution in [0.1, 0.15) is 32.9 Å². The number of nitrogens with zero attached hydrogens (tertiary/aromatic N) is 1. The van der Waals surface area contributed by atoms with Crippen LogP contribution in [0.2, 0.25) is 0 Å². The number of carboxylic acids is 1. The number of rotatable bonds is 3. The lowest BCUT2D eigenvalue weighted by molar-refractivity contribution is 0.0697. The second kappa shape index (κ2) is 5.68. The summed E-state index contributed by atoms with van der Waals surface area (Å²) < 4.78 is 0. The van der Waals surface area contributed by atoms with Crippen molar-refractivity contribution in [2.75, 3.05) is 0 Å². The summed E-state index contributed by atoms with van der Waals surface area (Å²) in [5, 5.41) is 9.46. The standard InChI is InChI=1S/C18H16N2O3/c1-10-4-3-5-12(11(10)2)9-16-19-15-8-13(18(22)23)6-7-14(15)17(21)20-16/h3-8H,9H2,1-2H3,(H,22,23)(H,19,20,21). The van der Waals surface area contributed by atoms with Crippen LogP contribution in [0.4, 0.5) is 0 Å². The highest BCUT2D eigenvalue weighted by molar-refractivity contribution is 5.92. The molecule has 0 saturated heterocycles. The molecule has 1 aromatic heterocycles. The highest BCUT2D eigenvalue weighted by Crippen LogP contribution is 2.16. The van der Waals surface area contributed by atoms with Gasteiger partial charge in [0.1, 0.15) is 5.82 Å². The number of fused-ring (bicyclic) bond motifs is 1. The number of hydrogen-bond donors (Lipinski definition) is 2. The molecule has 0 spiro atoms. The summed E-state index contributed by atoms with van der Waals surface area (Å²) >= 11 is 0. The second-order valence-corrected chi connectivity index (χ2v) is 5.59. The Bertz CT molecular complexity index is 974. The maximum absolute atomic E-state index is 12.2. The fourth-order valence-electron chi connectivity index (χ4n) is 2.59. The molecular weight excluding hydrogens is 292 g/mol. The second-order valence-electron chi connectivity index (χ2n) is 5.59. The number of nitrogens with one attached hydrogen (secondary N) is 1. The number of aromatic amines is 1. The van der Waals surface area contributed by atoms with Crippen LogP contribution in [0.3, 0.4) is 0 Å². The molecule has 23 heavy (non-hydrogen) atoms. The first-order valence-corrected chi connectivity index (χ1v) is 7.27. The Kier molecular flexibility index (Phi) is 3.70. The van der Waals surface area contributed by atoms with Crippen LogP contribution in [-0.4, -0.2) is 21.0 Å². The topological polar surface area (TPSA) is 83.0 Å². The molecule has 0 aliphatic carbocycles. The van der Waals surface area contributed by atoms with Gasteiger partial charge in [0.05, 0.1) is 16.5 Å². The quantitative estimate of drug-likeness (QED) is 0.779. The maximum Gasteiger partial charge on any atom is 0.335 e. The molecule has 116 valence electrons. The van der Waals surface area contributed by atoms with E-state index in [0.29, 0.717) is 23.1 Å². The Morgan fingerprint density at radius 1 is 1.22 bits per heavy atom. The first-order valence-electron chi connectivity index (χ1n) is 7.27. The molecule has 0 unspecified atom stereocenters. The molecule has 0 aliphatic rings. The summed E-state index contributed by atoms with van der Waals surface area (Å²) in [5.74, 6) is -0.510. The number of benzene rings is 2. The lowest BCUT2D eigenvalue weighted by Gasteiger charge is -2.09. The number of carboxylic acid groups (broad SMARTS) is 1. The van der Waals surface area contributed by atoms with E-state index < -0.39 is 5.97 Å². The van der Waals surface area contributed by atoms with Crippen molar-refractivity contribution in [1.29, 1.82) is 0 Å². The predicted molar refractivity (Wildman–Crippen MR) is 88.0 cm³/mol. The average molecular weight is 308 g/mol. The Labute approximate surface area is 132 Å². The molecule has 0 saturated carbocycles. The number of H-pyrrole nitrogens is 1. The van der Waals surface area contributed by atoms with E-state index in [9.17, 15) is 9.59 Å². The van der Waals surface area contributed by atoms with Crippen molar-refractivity contribution in [3.63, 3.8) is 0 Å². The van der Waals surface area contributed by atoms with Gasteiger partial charge in [-0.25, -0.2) is 9.78 Å². The van der Waals surface area contributed by atoms with Crippen molar-refractivity contribution < 1.29 is 9.90 Å². The molecule has 3 aromatic rings. The SMILES string of the molecule is Cc1cccc(Cc2nc3cc(C(=O)O)ccc3c(=O)[nH]2)c1C. The fourth-order valence-corrected chi connectivity index (χ4v) is 2.59. The maximum atomic E-state index is 12.2. The van der Waals surface area contributed by atoms with E-state index in [-0.39, 0.29) is 11.1 Å². The largest absolute Gasteiger partial charge is 0.478 e. The lowest BCUT2D eigenvalue weighted by atomic mass is 10.0. The third-order valence-electron chi connectivity index (χ3n) is 4.08. The van der Waals surface area contributed by atoms with Crippen LogP contribution in [0.5, 0.6) is 0 Å². The van der Waals surface area contributed by atoms with Crippen LogP contribution in [0.15, 0.2) is 41.2 Å². The van der Waals surface area contributed by atoms with Crippen LogP contribution < -0.4 is 5.56 Å². The molecule has 2 aromatic carbocycles. The number of hydrogen-bond acceptors (Lipinski definition) is 3. The predicted octanol–water partition coefficient (Wildman–Crippen LogP) is 2.83.